The number of hydrogen-bond acceptors (Lipinski definition) is 2. The zero-order chi connectivity index (χ0) is 13.8. The molecule has 0 amide bonds. The van der Waals surface area contributed by atoms with Gasteiger partial charge in [0.1, 0.15) is 0 Å². The van der Waals surface area contributed by atoms with Crippen LogP contribution >= 0.6 is 0 Å². The largest absolute Gasteiger partial charge is 0.311 e. The number of rotatable bonds is 6. The van der Waals surface area contributed by atoms with E-state index in [9.17, 15) is 0 Å². The lowest BCUT2D eigenvalue weighted by atomic mass is 9.87. The molecule has 0 heterocycles. The lowest BCUT2D eigenvalue weighted by Gasteiger charge is -2.40. The summed E-state index contributed by atoms with van der Waals surface area (Å²) in [5.41, 5.74) is 2.87. The van der Waals surface area contributed by atoms with E-state index in [4.69, 9.17) is 0 Å². The number of likely N-dealkylation sites (N-methyl/N-ethyl adjacent to an activating group) is 2. The monoisotopic (exact) mass is 248 g/mol. The molecule has 1 N–H and O–H groups in total. The number of aryl methyl sites for hydroxylation is 1. The van der Waals surface area contributed by atoms with E-state index in [-0.39, 0.29) is 5.54 Å². The molecule has 0 saturated heterocycles. The standard InChI is InChI=1S/C16H28N2/c1-7-8-13-9-11-14(12-10-13)15(17-4)16(2,3)18(5)6/h9-12,15,17H,7-8H2,1-6H3. The fourth-order valence-corrected chi connectivity index (χ4v) is 2.35. The van der Waals surface area contributed by atoms with E-state index in [1.807, 2.05) is 7.05 Å². The Morgan fingerprint density at radius 1 is 1.17 bits per heavy atom. The lowest BCUT2D eigenvalue weighted by Crippen LogP contribution is -2.48. The SMILES string of the molecule is CCCc1ccc(C(NC)C(C)(C)N(C)C)cc1. The Kier molecular flexibility index (Phi) is 5.36. The van der Waals surface area contributed by atoms with Crippen LogP contribution in [-0.4, -0.2) is 31.6 Å². The fraction of sp³-hybridized carbons (Fsp3) is 0.625. The summed E-state index contributed by atoms with van der Waals surface area (Å²) >= 11 is 0. The van der Waals surface area contributed by atoms with E-state index in [0.717, 1.165) is 0 Å². The first-order chi connectivity index (χ1) is 8.43. The summed E-state index contributed by atoms with van der Waals surface area (Å²) in [6.45, 7) is 6.77. The average Bonchev–Trinajstić information content (AvgIpc) is 2.32. The van der Waals surface area contributed by atoms with Gasteiger partial charge in [-0.1, -0.05) is 37.6 Å². The molecule has 0 saturated carbocycles. The molecule has 1 unspecified atom stereocenters. The van der Waals surface area contributed by atoms with Gasteiger partial charge in [-0.25, -0.2) is 0 Å². The highest BCUT2D eigenvalue weighted by Gasteiger charge is 2.31. The van der Waals surface area contributed by atoms with Crippen molar-refractivity contribution in [3.63, 3.8) is 0 Å². The lowest BCUT2D eigenvalue weighted by molar-refractivity contribution is 0.142. The Bertz CT molecular complexity index is 352. The molecule has 1 rings (SSSR count). The van der Waals surface area contributed by atoms with E-state index in [1.54, 1.807) is 0 Å². The Morgan fingerprint density at radius 3 is 2.11 bits per heavy atom. The van der Waals surface area contributed by atoms with Crippen LogP contribution in [0.1, 0.15) is 44.4 Å². The summed E-state index contributed by atoms with van der Waals surface area (Å²) in [5, 5.41) is 3.45. The van der Waals surface area contributed by atoms with Gasteiger partial charge in [0, 0.05) is 11.6 Å². The van der Waals surface area contributed by atoms with Crippen LogP contribution < -0.4 is 5.32 Å². The third-order valence-electron chi connectivity index (χ3n) is 4.00. The summed E-state index contributed by atoms with van der Waals surface area (Å²) in [6, 6.07) is 9.38. The fourth-order valence-electron chi connectivity index (χ4n) is 2.35. The molecule has 0 aliphatic rings. The quantitative estimate of drug-likeness (QED) is 0.831. The predicted molar refractivity (Wildman–Crippen MR) is 80.0 cm³/mol. The van der Waals surface area contributed by atoms with Crippen molar-refractivity contribution in [2.75, 3.05) is 21.1 Å². The summed E-state index contributed by atoms with van der Waals surface area (Å²) in [7, 11) is 6.31. The molecule has 0 aliphatic heterocycles. The van der Waals surface area contributed by atoms with Crippen LogP contribution in [0.25, 0.3) is 0 Å². The maximum atomic E-state index is 3.45. The molecule has 0 fully saturated rings. The van der Waals surface area contributed by atoms with E-state index in [2.05, 4.69) is 69.3 Å². The van der Waals surface area contributed by atoms with Gasteiger partial charge in [-0.05, 0) is 52.5 Å². The molecule has 0 radical (unpaired) electrons. The molecule has 1 aromatic carbocycles. The molecule has 0 bridgehead atoms. The van der Waals surface area contributed by atoms with Gasteiger partial charge in [0.25, 0.3) is 0 Å². The maximum Gasteiger partial charge on any atom is 0.0499 e. The van der Waals surface area contributed by atoms with Gasteiger partial charge in [-0.15, -0.1) is 0 Å². The molecule has 0 spiro atoms. The minimum absolute atomic E-state index is 0.0843. The van der Waals surface area contributed by atoms with Gasteiger partial charge in [0.05, 0.1) is 0 Å². The normalized spacial score (nSPS) is 13.9. The Morgan fingerprint density at radius 2 is 1.72 bits per heavy atom. The van der Waals surface area contributed by atoms with Crippen LogP contribution in [0.2, 0.25) is 0 Å². The second kappa shape index (κ2) is 6.35. The van der Waals surface area contributed by atoms with E-state index in [0.29, 0.717) is 6.04 Å². The zero-order valence-electron chi connectivity index (χ0n) is 12.7. The zero-order valence-corrected chi connectivity index (χ0v) is 12.7. The second-order valence-corrected chi connectivity index (χ2v) is 5.76. The van der Waals surface area contributed by atoms with E-state index >= 15 is 0 Å². The molecule has 2 heteroatoms. The number of benzene rings is 1. The molecular weight excluding hydrogens is 220 g/mol. The number of nitrogens with zero attached hydrogens (tertiary/aromatic N) is 1. The summed E-state index contributed by atoms with van der Waals surface area (Å²) in [4.78, 5) is 2.27. The summed E-state index contributed by atoms with van der Waals surface area (Å²) < 4.78 is 0. The second-order valence-electron chi connectivity index (χ2n) is 5.76. The number of hydrogen-bond donors (Lipinski definition) is 1. The first kappa shape index (κ1) is 15.2. The van der Waals surface area contributed by atoms with Crippen LogP contribution in [-0.2, 0) is 6.42 Å². The predicted octanol–water partition coefficient (Wildman–Crippen LogP) is 3.24. The van der Waals surface area contributed by atoms with Crippen LogP contribution in [0.3, 0.4) is 0 Å². The van der Waals surface area contributed by atoms with Crippen LogP contribution in [0.4, 0.5) is 0 Å². The highest BCUT2D eigenvalue weighted by Crippen LogP contribution is 2.29. The van der Waals surface area contributed by atoms with Crippen molar-refractivity contribution < 1.29 is 0 Å². The van der Waals surface area contributed by atoms with Gasteiger partial charge < -0.3 is 10.2 Å². The molecule has 102 valence electrons. The Balaban J connectivity index is 2.95. The minimum atomic E-state index is 0.0843. The Hall–Kier alpha value is -0.860. The van der Waals surface area contributed by atoms with E-state index < -0.39 is 0 Å². The molecule has 0 aliphatic carbocycles. The van der Waals surface area contributed by atoms with Crippen molar-refractivity contribution in [3.8, 4) is 0 Å². The maximum absolute atomic E-state index is 3.45. The van der Waals surface area contributed by atoms with Crippen molar-refractivity contribution in [1.29, 1.82) is 0 Å². The highest BCUT2D eigenvalue weighted by molar-refractivity contribution is 5.27. The van der Waals surface area contributed by atoms with Crippen LogP contribution in [0.5, 0.6) is 0 Å². The third-order valence-corrected chi connectivity index (χ3v) is 4.00. The molecule has 18 heavy (non-hydrogen) atoms. The van der Waals surface area contributed by atoms with Gasteiger partial charge in [-0.2, -0.15) is 0 Å². The van der Waals surface area contributed by atoms with Gasteiger partial charge in [0.2, 0.25) is 0 Å². The van der Waals surface area contributed by atoms with Gasteiger partial charge in [-0.3, -0.25) is 0 Å². The van der Waals surface area contributed by atoms with Crippen molar-refractivity contribution >= 4 is 0 Å². The third kappa shape index (κ3) is 3.33. The van der Waals surface area contributed by atoms with Crippen molar-refractivity contribution in [1.82, 2.24) is 10.2 Å². The van der Waals surface area contributed by atoms with Crippen LogP contribution in [0.15, 0.2) is 24.3 Å². The Labute approximate surface area is 112 Å². The molecule has 0 aromatic heterocycles. The summed E-state index contributed by atoms with van der Waals surface area (Å²) in [6.07, 6.45) is 2.37. The van der Waals surface area contributed by atoms with E-state index in [1.165, 1.54) is 24.0 Å². The highest BCUT2D eigenvalue weighted by atomic mass is 15.2. The first-order valence-electron chi connectivity index (χ1n) is 6.87. The molecular formula is C16H28N2. The van der Waals surface area contributed by atoms with Crippen molar-refractivity contribution in [2.24, 2.45) is 0 Å². The van der Waals surface area contributed by atoms with Gasteiger partial charge >= 0.3 is 0 Å². The minimum Gasteiger partial charge on any atom is -0.311 e. The summed E-state index contributed by atoms with van der Waals surface area (Å²) in [5.74, 6) is 0. The molecule has 1 atom stereocenters. The molecule has 2 nitrogen and oxygen atoms in total. The van der Waals surface area contributed by atoms with Crippen molar-refractivity contribution in [3.05, 3.63) is 35.4 Å². The first-order valence-corrected chi connectivity index (χ1v) is 6.87. The number of nitrogens with one attached hydrogen (secondary N) is 1. The topological polar surface area (TPSA) is 15.3 Å². The molecule has 1 aromatic rings. The van der Waals surface area contributed by atoms with Gasteiger partial charge in [0.15, 0.2) is 0 Å². The smallest absolute Gasteiger partial charge is 0.0499 e. The average molecular weight is 248 g/mol. The van der Waals surface area contributed by atoms with Crippen molar-refractivity contribution in [2.45, 2.75) is 45.2 Å². The van der Waals surface area contributed by atoms with Crippen LogP contribution in [0, 0.1) is 0 Å².